The standard InChI is InChI=1S/C10H18O4/c1-4-8(11)5-6-10(14-3)9(12)7-13-2/h10H,4-7H2,1-3H3. The van der Waals surface area contributed by atoms with Gasteiger partial charge in [0.1, 0.15) is 18.5 Å². The Bertz CT molecular complexity index is 189. The van der Waals surface area contributed by atoms with E-state index in [1.807, 2.05) is 0 Å². The normalized spacial score (nSPS) is 12.5. The fourth-order valence-electron chi connectivity index (χ4n) is 1.11. The lowest BCUT2D eigenvalue weighted by Crippen LogP contribution is -2.27. The summed E-state index contributed by atoms with van der Waals surface area (Å²) in [6.07, 6.45) is 0.843. The Labute approximate surface area is 84.6 Å². The second-order valence-corrected chi connectivity index (χ2v) is 3.05. The molecule has 0 aromatic heterocycles. The molecule has 0 aliphatic rings. The van der Waals surface area contributed by atoms with E-state index >= 15 is 0 Å². The third kappa shape index (κ3) is 5.09. The van der Waals surface area contributed by atoms with Gasteiger partial charge in [0.2, 0.25) is 0 Å². The van der Waals surface area contributed by atoms with Crippen molar-refractivity contribution in [3.8, 4) is 0 Å². The Hall–Kier alpha value is -0.740. The fraction of sp³-hybridized carbons (Fsp3) is 0.800. The van der Waals surface area contributed by atoms with Crippen molar-refractivity contribution in [2.45, 2.75) is 32.3 Å². The van der Waals surface area contributed by atoms with Crippen LogP contribution in [0, 0.1) is 0 Å². The first kappa shape index (κ1) is 13.3. The van der Waals surface area contributed by atoms with Crippen LogP contribution in [0.1, 0.15) is 26.2 Å². The number of carbonyl (C=O) groups is 2. The van der Waals surface area contributed by atoms with E-state index in [2.05, 4.69) is 0 Å². The van der Waals surface area contributed by atoms with Crippen molar-refractivity contribution < 1.29 is 19.1 Å². The molecule has 4 heteroatoms. The summed E-state index contributed by atoms with van der Waals surface area (Å²) in [7, 11) is 2.93. The maximum atomic E-state index is 11.3. The highest BCUT2D eigenvalue weighted by Crippen LogP contribution is 2.05. The first-order valence-corrected chi connectivity index (χ1v) is 4.71. The highest BCUT2D eigenvalue weighted by molar-refractivity contribution is 5.85. The zero-order valence-corrected chi connectivity index (χ0v) is 9.04. The molecule has 0 aliphatic heterocycles. The van der Waals surface area contributed by atoms with E-state index in [-0.39, 0.29) is 18.2 Å². The SMILES string of the molecule is CCC(=O)CCC(OC)C(=O)COC. The predicted molar refractivity (Wildman–Crippen MR) is 52.2 cm³/mol. The van der Waals surface area contributed by atoms with Crippen LogP contribution in [0.15, 0.2) is 0 Å². The van der Waals surface area contributed by atoms with Crippen LogP contribution in [-0.2, 0) is 19.1 Å². The molecule has 0 N–H and O–H groups in total. The second kappa shape index (κ2) is 7.64. The van der Waals surface area contributed by atoms with Crippen molar-refractivity contribution in [3.63, 3.8) is 0 Å². The minimum Gasteiger partial charge on any atom is -0.377 e. The van der Waals surface area contributed by atoms with Crippen molar-refractivity contribution in [1.29, 1.82) is 0 Å². The van der Waals surface area contributed by atoms with Gasteiger partial charge in [0, 0.05) is 27.1 Å². The molecule has 1 unspecified atom stereocenters. The number of ether oxygens (including phenoxy) is 2. The molecule has 0 aromatic carbocycles. The average molecular weight is 202 g/mol. The molecule has 0 spiro atoms. The van der Waals surface area contributed by atoms with Gasteiger partial charge in [-0.15, -0.1) is 0 Å². The van der Waals surface area contributed by atoms with Gasteiger partial charge in [0.25, 0.3) is 0 Å². The molecule has 0 aromatic rings. The summed E-state index contributed by atoms with van der Waals surface area (Å²) in [6, 6.07) is 0. The Morgan fingerprint density at radius 2 is 1.93 bits per heavy atom. The van der Waals surface area contributed by atoms with Gasteiger partial charge in [-0.3, -0.25) is 9.59 Å². The molecule has 0 rings (SSSR count). The minimum atomic E-state index is -0.509. The molecule has 4 nitrogen and oxygen atoms in total. The number of carbonyl (C=O) groups excluding carboxylic acids is 2. The van der Waals surface area contributed by atoms with Gasteiger partial charge >= 0.3 is 0 Å². The topological polar surface area (TPSA) is 52.6 Å². The van der Waals surface area contributed by atoms with Gasteiger partial charge in [-0.05, 0) is 6.42 Å². The summed E-state index contributed by atoms with van der Waals surface area (Å²) in [5.74, 6) is 0.0381. The molecular formula is C10H18O4. The van der Waals surface area contributed by atoms with E-state index in [1.165, 1.54) is 14.2 Å². The van der Waals surface area contributed by atoms with Crippen LogP contribution in [-0.4, -0.2) is 38.5 Å². The number of Topliss-reactive ketones (excluding diaryl/α,β-unsaturated/α-hetero) is 2. The lowest BCUT2D eigenvalue weighted by Gasteiger charge is -2.12. The minimum absolute atomic E-state index is 0.0405. The van der Waals surface area contributed by atoms with Crippen LogP contribution in [0.5, 0.6) is 0 Å². The number of hydrogen-bond donors (Lipinski definition) is 0. The molecule has 0 saturated heterocycles. The Balaban J connectivity index is 3.90. The third-order valence-electron chi connectivity index (χ3n) is 2.01. The molecule has 0 heterocycles. The summed E-state index contributed by atoms with van der Waals surface area (Å²) in [5, 5.41) is 0. The van der Waals surface area contributed by atoms with Gasteiger partial charge in [-0.25, -0.2) is 0 Å². The van der Waals surface area contributed by atoms with Crippen molar-refractivity contribution in [2.75, 3.05) is 20.8 Å². The van der Waals surface area contributed by atoms with Crippen molar-refractivity contribution in [3.05, 3.63) is 0 Å². The van der Waals surface area contributed by atoms with Crippen LogP contribution in [0.25, 0.3) is 0 Å². The molecular weight excluding hydrogens is 184 g/mol. The van der Waals surface area contributed by atoms with Crippen molar-refractivity contribution >= 4 is 11.6 Å². The smallest absolute Gasteiger partial charge is 0.187 e. The first-order valence-electron chi connectivity index (χ1n) is 4.71. The van der Waals surface area contributed by atoms with Crippen LogP contribution >= 0.6 is 0 Å². The van der Waals surface area contributed by atoms with Gasteiger partial charge < -0.3 is 9.47 Å². The van der Waals surface area contributed by atoms with Gasteiger partial charge in [0.15, 0.2) is 5.78 Å². The van der Waals surface area contributed by atoms with E-state index in [1.54, 1.807) is 6.92 Å². The van der Waals surface area contributed by atoms with E-state index in [4.69, 9.17) is 9.47 Å². The van der Waals surface area contributed by atoms with E-state index in [0.717, 1.165) is 0 Å². The first-order chi connectivity index (χ1) is 6.65. The van der Waals surface area contributed by atoms with Crippen molar-refractivity contribution in [1.82, 2.24) is 0 Å². The predicted octanol–water partition coefficient (Wildman–Crippen LogP) is 0.976. The number of rotatable bonds is 8. The van der Waals surface area contributed by atoms with Gasteiger partial charge in [-0.1, -0.05) is 6.92 Å². The molecule has 82 valence electrons. The summed E-state index contributed by atoms with van der Waals surface area (Å²) in [5.41, 5.74) is 0. The Morgan fingerprint density at radius 1 is 1.29 bits per heavy atom. The van der Waals surface area contributed by atoms with Gasteiger partial charge in [-0.2, -0.15) is 0 Å². The highest BCUT2D eigenvalue weighted by Gasteiger charge is 2.17. The molecule has 1 atom stereocenters. The van der Waals surface area contributed by atoms with Crippen molar-refractivity contribution in [2.24, 2.45) is 0 Å². The molecule has 0 radical (unpaired) electrons. The second-order valence-electron chi connectivity index (χ2n) is 3.05. The molecule has 0 bridgehead atoms. The van der Waals surface area contributed by atoms with E-state index in [9.17, 15) is 9.59 Å². The number of hydrogen-bond acceptors (Lipinski definition) is 4. The zero-order valence-electron chi connectivity index (χ0n) is 9.04. The summed E-state index contributed by atoms with van der Waals surface area (Å²) >= 11 is 0. The lowest BCUT2D eigenvalue weighted by atomic mass is 10.1. The average Bonchev–Trinajstić information content (AvgIpc) is 2.18. The van der Waals surface area contributed by atoms with Gasteiger partial charge in [0.05, 0.1) is 0 Å². The molecule has 14 heavy (non-hydrogen) atoms. The van der Waals surface area contributed by atoms with Crippen LogP contribution in [0.4, 0.5) is 0 Å². The van der Waals surface area contributed by atoms with Crippen LogP contribution in [0.2, 0.25) is 0 Å². The summed E-state index contributed by atoms with van der Waals surface area (Å²) < 4.78 is 9.68. The quantitative estimate of drug-likeness (QED) is 0.588. The zero-order chi connectivity index (χ0) is 11.0. The molecule has 0 amide bonds. The van der Waals surface area contributed by atoms with E-state index in [0.29, 0.717) is 19.3 Å². The Morgan fingerprint density at radius 3 is 2.36 bits per heavy atom. The maximum Gasteiger partial charge on any atom is 0.187 e. The maximum absolute atomic E-state index is 11.3. The molecule has 0 aliphatic carbocycles. The number of ketones is 2. The van der Waals surface area contributed by atoms with Crippen LogP contribution < -0.4 is 0 Å². The lowest BCUT2D eigenvalue weighted by molar-refractivity contribution is -0.133. The third-order valence-corrected chi connectivity index (χ3v) is 2.01. The summed E-state index contributed by atoms with van der Waals surface area (Å²) in [6.45, 7) is 1.85. The monoisotopic (exact) mass is 202 g/mol. The Kier molecular flexibility index (Phi) is 7.24. The van der Waals surface area contributed by atoms with Crippen LogP contribution in [0.3, 0.4) is 0 Å². The summed E-state index contributed by atoms with van der Waals surface area (Å²) in [4.78, 5) is 22.3. The highest BCUT2D eigenvalue weighted by atomic mass is 16.5. The number of methoxy groups -OCH3 is 2. The largest absolute Gasteiger partial charge is 0.377 e. The molecule has 0 saturated carbocycles. The van der Waals surface area contributed by atoms with E-state index < -0.39 is 6.10 Å². The fourth-order valence-corrected chi connectivity index (χ4v) is 1.11. The molecule has 0 fully saturated rings.